The van der Waals surface area contributed by atoms with Crippen molar-refractivity contribution in [1.29, 1.82) is 0 Å². The van der Waals surface area contributed by atoms with Crippen molar-refractivity contribution in [3.63, 3.8) is 0 Å². The highest BCUT2D eigenvalue weighted by molar-refractivity contribution is 5.73. The fraction of sp³-hybridized carbons (Fsp3) is 0.889. The van der Waals surface area contributed by atoms with E-state index >= 15 is 0 Å². The van der Waals surface area contributed by atoms with Crippen molar-refractivity contribution in [2.75, 3.05) is 39.3 Å². The van der Waals surface area contributed by atoms with E-state index in [-0.39, 0.29) is 19.6 Å². The van der Waals surface area contributed by atoms with Crippen LogP contribution in [-0.2, 0) is 4.79 Å². The summed E-state index contributed by atoms with van der Waals surface area (Å²) < 4.78 is 36.3. The molecule has 0 radical (unpaired) electrons. The number of nitrogens with zero attached hydrogens (tertiary/aromatic N) is 2. The zero-order valence-electron chi connectivity index (χ0n) is 9.28. The second kappa shape index (κ2) is 5.65. The quantitative estimate of drug-likeness (QED) is 0.714. The van der Waals surface area contributed by atoms with Crippen LogP contribution in [0.1, 0.15) is 0 Å². The predicted molar refractivity (Wildman–Crippen MR) is 54.5 cm³/mol. The van der Waals surface area contributed by atoms with E-state index in [0.29, 0.717) is 13.1 Å². The Balaban J connectivity index is 2.29. The molecule has 1 atom stereocenters. The number of nitrogens with two attached hydrogens (primary N) is 1. The lowest BCUT2D eigenvalue weighted by Gasteiger charge is -2.35. The van der Waals surface area contributed by atoms with E-state index in [9.17, 15) is 18.0 Å². The Bertz CT molecular complexity index is 265. The van der Waals surface area contributed by atoms with E-state index in [2.05, 4.69) is 0 Å². The van der Waals surface area contributed by atoms with Crippen LogP contribution in [0.15, 0.2) is 0 Å². The van der Waals surface area contributed by atoms with Crippen molar-refractivity contribution < 1.29 is 23.1 Å². The topological polar surface area (TPSA) is 69.8 Å². The molecule has 1 rings (SSSR count). The summed E-state index contributed by atoms with van der Waals surface area (Å²) >= 11 is 0. The number of halogens is 3. The highest BCUT2D eigenvalue weighted by Gasteiger charge is 2.32. The maximum Gasteiger partial charge on any atom is 0.401 e. The van der Waals surface area contributed by atoms with E-state index in [0.717, 1.165) is 0 Å². The number of alkyl halides is 3. The first kappa shape index (κ1) is 14.2. The Morgan fingerprint density at radius 1 is 1.24 bits per heavy atom. The molecule has 5 nitrogen and oxygen atoms in total. The van der Waals surface area contributed by atoms with E-state index in [1.54, 1.807) is 4.90 Å². The highest BCUT2D eigenvalue weighted by atomic mass is 19.4. The van der Waals surface area contributed by atoms with Crippen molar-refractivity contribution >= 4 is 5.97 Å². The molecule has 0 aliphatic carbocycles. The number of hydrogen-bond acceptors (Lipinski definition) is 4. The largest absolute Gasteiger partial charge is 0.480 e. The van der Waals surface area contributed by atoms with Crippen LogP contribution in [0.3, 0.4) is 0 Å². The molecule has 0 aromatic rings. The molecule has 0 spiro atoms. The van der Waals surface area contributed by atoms with E-state index in [4.69, 9.17) is 10.8 Å². The van der Waals surface area contributed by atoms with Crippen LogP contribution in [0, 0.1) is 0 Å². The molecular formula is C9H16F3N3O2. The van der Waals surface area contributed by atoms with Gasteiger partial charge in [-0.1, -0.05) is 0 Å². The summed E-state index contributed by atoms with van der Waals surface area (Å²) in [6, 6.07) is -0.982. The molecule has 0 saturated carbocycles. The minimum Gasteiger partial charge on any atom is -0.480 e. The third-order valence-corrected chi connectivity index (χ3v) is 2.64. The van der Waals surface area contributed by atoms with Gasteiger partial charge in [-0.3, -0.25) is 14.6 Å². The molecule has 0 amide bonds. The molecule has 3 N–H and O–H groups in total. The lowest BCUT2D eigenvalue weighted by Crippen LogP contribution is -2.52. The van der Waals surface area contributed by atoms with Gasteiger partial charge < -0.3 is 10.8 Å². The normalized spacial score (nSPS) is 21.4. The number of carboxylic acids is 1. The van der Waals surface area contributed by atoms with Gasteiger partial charge in [-0.25, -0.2) is 0 Å². The first-order chi connectivity index (χ1) is 7.78. The molecular weight excluding hydrogens is 239 g/mol. The zero-order chi connectivity index (χ0) is 13.1. The van der Waals surface area contributed by atoms with Gasteiger partial charge in [0.25, 0.3) is 0 Å². The third kappa shape index (κ3) is 5.33. The summed E-state index contributed by atoms with van der Waals surface area (Å²) in [7, 11) is 0. The Morgan fingerprint density at radius 3 is 2.12 bits per heavy atom. The summed E-state index contributed by atoms with van der Waals surface area (Å²) in [6.45, 7) is 0.660. The molecule has 0 aromatic heterocycles. The molecule has 1 aliphatic rings. The Labute approximate surface area is 97.0 Å². The fourth-order valence-electron chi connectivity index (χ4n) is 1.74. The van der Waals surface area contributed by atoms with Gasteiger partial charge >= 0.3 is 12.1 Å². The van der Waals surface area contributed by atoms with Crippen molar-refractivity contribution in [2.45, 2.75) is 12.2 Å². The third-order valence-electron chi connectivity index (χ3n) is 2.64. The van der Waals surface area contributed by atoms with Crippen LogP contribution < -0.4 is 5.73 Å². The minimum absolute atomic E-state index is 0.176. The molecule has 0 aromatic carbocycles. The van der Waals surface area contributed by atoms with Crippen LogP contribution in [0.25, 0.3) is 0 Å². The van der Waals surface area contributed by atoms with Gasteiger partial charge in [0, 0.05) is 32.7 Å². The monoisotopic (exact) mass is 255 g/mol. The maximum atomic E-state index is 12.1. The van der Waals surface area contributed by atoms with Crippen molar-refractivity contribution in [3.05, 3.63) is 0 Å². The van der Waals surface area contributed by atoms with Gasteiger partial charge in [-0.2, -0.15) is 13.2 Å². The summed E-state index contributed by atoms with van der Waals surface area (Å²) in [4.78, 5) is 13.6. The van der Waals surface area contributed by atoms with Crippen molar-refractivity contribution in [1.82, 2.24) is 9.80 Å². The number of rotatable bonds is 4. The van der Waals surface area contributed by atoms with Crippen LogP contribution in [-0.4, -0.2) is 72.4 Å². The highest BCUT2D eigenvalue weighted by Crippen LogP contribution is 2.17. The van der Waals surface area contributed by atoms with E-state index in [1.807, 2.05) is 0 Å². The predicted octanol–water partition coefficient (Wildman–Crippen LogP) is -0.422. The second-order valence-electron chi connectivity index (χ2n) is 4.14. The summed E-state index contributed by atoms with van der Waals surface area (Å²) in [6.07, 6.45) is -4.18. The summed E-state index contributed by atoms with van der Waals surface area (Å²) in [5.74, 6) is -1.09. The fourth-order valence-corrected chi connectivity index (χ4v) is 1.74. The van der Waals surface area contributed by atoms with Gasteiger partial charge in [-0.05, 0) is 0 Å². The van der Waals surface area contributed by atoms with Gasteiger partial charge in [0.2, 0.25) is 0 Å². The molecule has 1 saturated heterocycles. The molecule has 8 heteroatoms. The van der Waals surface area contributed by atoms with Crippen LogP contribution in [0.5, 0.6) is 0 Å². The van der Waals surface area contributed by atoms with Gasteiger partial charge in [0.15, 0.2) is 0 Å². The Morgan fingerprint density at radius 2 is 1.71 bits per heavy atom. The Kier molecular flexibility index (Phi) is 4.72. The zero-order valence-corrected chi connectivity index (χ0v) is 9.28. The smallest absolute Gasteiger partial charge is 0.401 e. The lowest BCUT2D eigenvalue weighted by molar-refractivity contribution is -0.149. The molecule has 1 aliphatic heterocycles. The molecule has 1 unspecified atom stereocenters. The SMILES string of the molecule is NC(CN1CCN(CC(F)(F)F)CC1)C(=O)O. The van der Waals surface area contributed by atoms with Crippen molar-refractivity contribution in [2.24, 2.45) is 5.73 Å². The van der Waals surface area contributed by atoms with Gasteiger partial charge in [-0.15, -0.1) is 0 Å². The minimum atomic E-state index is -4.18. The summed E-state index contributed by atoms with van der Waals surface area (Å²) in [5, 5.41) is 8.61. The van der Waals surface area contributed by atoms with Crippen LogP contribution in [0.2, 0.25) is 0 Å². The number of piperazine rings is 1. The number of aliphatic carboxylic acids is 1. The average Bonchev–Trinajstić information content (AvgIpc) is 2.18. The van der Waals surface area contributed by atoms with Crippen LogP contribution >= 0.6 is 0 Å². The first-order valence-corrected chi connectivity index (χ1v) is 5.28. The first-order valence-electron chi connectivity index (χ1n) is 5.28. The van der Waals surface area contributed by atoms with E-state index in [1.165, 1.54) is 4.90 Å². The molecule has 1 fully saturated rings. The molecule has 0 bridgehead atoms. The van der Waals surface area contributed by atoms with Gasteiger partial charge in [0.05, 0.1) is 6.54 Å². The Hall–Kier alpha value is -0.860. The molecule has 1 heterocycles. The van der Waals surface area contributed by atoms with Crippen molar-refractivity contribution in [3.8, 4) is 0 Å². The lowest BCUT2D eigenvalue weighted by atomic mass is 10.2. The standard InChI is InChI=1S/C9H16F3N3O2/c10-9(11,12)6-15-3-1-14(2-4-15)5-7(13)8(16)17/h7H,1-6,13H2,(H,16,17). The number of carboxylic acid groups (broad SMARTS) is 1. The second-order valence-corrected chi connectivity index (χ2v) is 4.14. The number of carbonyl (C=O) groups is 1. The van der Waals surface area contributed by atoms with E-state index < -0.39 is 24.7 Å². The molecule has 100 valence electrons. The molecule has 17 heavy (non-hydrogen) atoms. The average molecular weight is 255 g/mol. The van der Waals surface area contributed by atoms with Gasteiger partial charge in [0.1, 0.15) is 6.04 Å². The van der Waals surface area contributed by atoms with Crippen LogP contribution in [0.4, 0.5) is 13.2 Å². The summed E-state index contributed by atoms with van der Waals surface area (Å²) in [5.41, 5.74) is 5.35. The maximum absolute atomic E-state index is 12.1. The number of hydrogen-bond donors (Lipinski definition) is 2.